The second-order valence-corrected chi connectivity index (χ2v) is 6.78. The topological polar surface area (TPSA) is 33.5 Å². The SMILES string of the molecule is CN1CCN(Cc2cc(Oc3cccc4ccn(C)c34)ccn2)CC1. The summed E-state index contributed by atoms with van der Waals surface area (Å²) in [7, 11) is 4.22. The fraction of sp³-hybridized carbons (Fsp3) is 0.350. The van der Waals surface area contributed by atoms with Crippen LogP contribution in [0.2, 0.25) is 0 Å². The molecule has 0 saturated carbocycles. The molecule has 5 nitrogen and oxygen atoms in total. The quantitative estimate of drug-likeness (QED) is 0.733. The molecule has 0 atom stereocenters. The molecule has 25 heavy (non-hydrogen) atoms. The Balaban J connectivity index is 1.52. The minimum absolute atomic E-state index is 0.841. The molecule has 5 heteroatoms. The highest BCUT2D eigenvalue weighted by atomic mass is 16.5. The molecule has 3 heterocycles. The molecule has 1 aliphatic rings. The Labute approximate surface area is 148 Å². The third-order valence-electron chi connectivity index (χ3n) is 4.86. The zero-order valence-corrected chi connectivity index (χ0v) is 14.9. The third kappa shape index (κ3) is 3.52. The Morgan fingerprint density at radius 1 is 1.04 bits per heavy atom. The second-order valence-electron chi connectivity index (χ2n) is 6.78. The van der Waals surface area contributed by atoms with Gasteiger partial charge in [0, 0.05) is 63.6 Å². The number of ether oxygens (including phenoxy) is 1. The number of hydrogen-bond acceptors (Lipinski definition) is 4. The average Bonchev–Trinajstić information content (AvgIpc) is 3.00. The first kappa shape index (κ1) is 16.1. The van der Waals surface area contributed by atoms with E-state index in [0.29, 0.717) is 0 Å². The van der Waals surface area contributed by atoms with E-state index in [2.05, 4.69) is 50.8 Å². The van der Waals surface area contributed by atoms with Crippen LogP contribution in [-0.2, 0) is 13.6 Å². The van der Waals surface area contributed by atoms with Crippen LogP contribution in [0.25, 0.3) is 10.9 Å². The van der Waals surface area contributed by atoms with Gasteiger partial charge in [-0.2, -0.15) is 0 Å². The lowest BCUT2D eigenvalue weighted by atomic mass is 10.2. The van der Waals surface area contributed by atoms with Crippen molar-refractivity contribution in [2.24, 2.45) is 7.05 Å². The summed E-state index contributed by atoms with van der Waals surface area (Å²) < 4.78 is 8.28. The molecule has 1 aliphatic heterocycles. The first-order valence-corrected chi connectivity index (χ1v) is 8.77. The summed E-state index contributed by atoms with van der Waals surface area (Å²) in [5.41, 5.74) is 2.17. The number of aryl methyl sites for hydroxylation is 1. The number of rotatable bonds is 4. The fourth-order valence-corrected chi connectivity index (χ4v) is 3.37. The Hall–Kier alpha value is -2.37. The van der Waals surface area contributed by atoms with Crippen molar-refractivity contribution in [3.8, 4) is 11.5 Å². The molecule has 0 spiro atoms. The monoisotopic (exact) mass is 336 g/mol. The van der Waals surface area contributed by atoms with Crippen LogP contribution in [0.1, 0.15) is 5.69 Å². The molecule has 0 N–H and O–H groups in total. The summed E-state index contributed by atoms with van der Waals surface area (Å²) in [5, 5.41) is 1.19. The molecule has 0 radical (unpaired) electrons. The van der Waals surface area contributed by atoms with Crippen molar-refractivity contribution >= 4 is 10.9 Å². The van der Waals surface area contributed by atoms with E-state index in [1.807, 2.05) is 31.4 Å². The molecule has 4 rings (SSSR count). The van der Waals surface area contributed by atoms with Crippen molar-refractivity contribution in [3.05, 3.63) is 54.5 Å². The molecule has 2 aromatic heterocycles. The van der Waals surface area contributed by atoms with Crippen LogP contribution in [0.5, 0.6) is 11.5 Å². The van der Waals surface area contributed by atoms with Gasteiger partial charge in [0.25, 0.3) is 0 Å². The summed E-state index contributed by atoms with van der Waals surface area (Å²) in [6.45, 7) is 5.29. The molecule has 1 saturated heterocycles. The predicted octanol–water partition coefficient (Wildman–Crippen LogP) is 3.11. The van der Waals surface area contributed by atoms with E-state index >= 15 is 0 Å². The minimum atomic E-state index is 0.841. The molecule has 0 aliphatic carbocycles. The van der Waals surface area contributed by atoms with Gasteiger partial charge in [0.15, 0.2) is 5.75 Å². The number of benzene rings is 1. The van der Waals surface area contributed by atoms with Crippen LogP contribution in [0, 0.1) is 0 Å². The molecule has 0 amide bonds. The van der Waals surface area contributed by atoms with Crippen molar-refractivity contribution in [1.82, 2.24) is 19.4 Å². The van der Waals surface area contributed by atoms with E-state index in [4.69, 9.17) is 4.74 Å². The van der Waals surface area contributed by atoms with E-state index in [1.54, 1.807) is 0 Å². The zero-order valence-electron chi connectivity index (χ0n) is 14.9. The summed E-state index contributed by atoms with van der Waals surface area (Å²) in [5.74, 6) is 1.72. The lowest BCUT2D eigenvalue weighted by Gasteiger charge is -2.32. The smallest absolute Gasteiger partial charge is 0.151 e. The van der Waals surface area contributed by atoms with Gasteiger partial charge in [-0.25, -0.2) is 0 Å². The third-order valence-corrected chi connectivity index (χ3v) is 4.86. The average molecular weight is 336 g/mol. The van der Waals surface area contributed by atoms with Crippen molar-refractivity contribution in [2.45, 2.75) is 6.54 Å². The summed E-state index contributed by atoms with van der Waals surface area (Å²) in [6.07, 6.45) is 3.90. The normalized spacial score (nSPS) is 16.4. The van der Waals surface area contributed by atoms with Gasteiger partial charge in [-0.05, 0) is 25.2 Å². The molecular weight excluding hydrogens is 312 g/mol. The van der Waals surface area contributed by atoms with Gasteiger partial charge in [-0.15, -0.1) is 0 Å². The van der Waals surface area contributed by atoms with E-state index in [9.17, 15) is 0 Å². The van der Waals surface area contributed by atoms with E-state index in [-0.39, 0.29) is 0 Å². The molecule has 1 fully saturated rings. The second kappa shape index (κ2) is 6.86. The molecule has 130 valence electrons. The van der Waals surface area contributed by atoms with Gasteiger partial charge in [-0.1, -0.05) is 12.1 Å². The van der Waals surface area contributed by atoms with Crippen LogP contribution in [-0.4, -0.2) is 52.6 Å². The van der Waals surface area contributed by atoms with Gasteiger partial charge >= 0.3 is 0 Å². The number of aromatic nitrogens is 2. The van der Waals surface area contributed by atoms with E-state index in [0.717, 1.165) is 55.4 Å². The van der Waals surface area contributed by atoms with Gasteiger partial charge in [-0.3, -0.25) is 9.88 Å². The minimum Gasteiger partial charge on any atom is -0.455 e. The van der Waals surface area contributed by atoms with Crippen molar-refractivity contribution in [2.75, 3.05) is 33.2 Å². The van der Waals surface area contributed by atoms with E-state index in [1.165, 1.54) is 5.39 Å². The molecule has 3 aromatic rings. The first-order valence-electron chi connectivity index (χ1n) is 8.77. The van der Waals surface area contributed by atoms with Gasteiger partial charge in [0.2, 0.25) is 0 Å². The maximum Gasteiger partial charge on any atom is 0.151 e. The summed E-state index contributed by atoms with van der Waals surface area (Å²) in [4.78, 5) is 9.34. The highest BCUT2D eigenvalue weighted by molar-refractivity contribution is 5.86. The van der Waals surface area contributed by atoms with E-state index < -0.39 is 0 Å². The predicted molar refractivity (Wildman–Crippen MR) is 100 cm³/mol. The number of pyridine rings is 1. The standard InChI is InChI=1S/C20H24N4O/c1-22-10-12-24(13-11-22)15-17-14-18(6-8-21-17)25-19-5-3-4-16-7-9-23(2)20(16)19/h3-9,14H,10-13,15H2,1-2H3. The van der Waals surface area contributed by atoms with Crippen molar-refractivity contribution in [3.63, 3.8) is 0 Å². The maximum absolute atomic E-state index is 6.19. The highest BCUT2D eigenvalue weighted by Gasteiger charge is 2.15. The fourth-order valence-electron chi connectivity index (χ4n) is 3.37. The number of nitrogens with zero attached hydrogens (tertiary/aromatic N) is 4. The Morgan fingerprint density at radius 3 is 2.72 bits per heavy atom. The Bertz CT molecular complexity index is 865. The highest BCUT2D eigenvalue weighted by Crippen LogP contribution is 2.30. The number of fused-ring (bicyclic) bond motifs is 1. The zero-order chi connectivity index (χ0) is 17.2. The number of piperazine rings is 1. The molecule has 0 bridgehead atoms. The first-order chi connectivity index (χ1) is 12.2. The Morgan fingerprint density at radius 2 is 1.88 bits per heavy atom. The lowest BCUT2D eigenvalue weighted by molar-refractivity contribution is 0.147. The maximum atomic E-state index is 6.19. The number of para-hydroxylation sites is 1. The largest absolute Gasteiger partial charge is 0.455 e. The van der Waals surface area contributed by atoms with Crippen LogP contribution in [0.3, 0.4) is 0 Å². The van der Waals surface area contributed by atoms with Crippen molar-refractivity contribution < 1.29 is 4.74 Å². The molecule has 0 unspecified atom stereocenters. The summed E-state index contributed by atoms with van der Waals surface area (Å²) >= 11 is 0. The number of likely N-dealkylation sites (N-methyl/N-ethyl adjacent to an activating group) is 1. The Kier molecular flexibility index (Phi) is 4.42. The molecular formula is C20H24N4O. The lowest BCUT2D eigenvalue weighted by Crippen LogP contribution is -2.43. The summed E-state index contributed by atoms with van der Waals surface area (Å²) in [6, 6.07) is 12.2. The van der Waals surface area contributed by atoms with Gasteiger partial charge in [0.1, 0.15) is 5.75 Å². The van der Waals surface area contributed by atoms with Crippen LogP contribution in [0.15, 0.2) is 48.8 Å². The number of hydrogen-bond donors (Lipinski definition) is 0. The van der Waals surface area contributed by atoms with Crippen LogP contribution in [0.4, 0.5) is 0 Å². The molecule has 1 aromatic carbocycles. The van der Waals surface area contributed by atoms with Crippen LogP contribution < -0.4 is 4.74 Å². The van der Waals surface area contributed by atoms with Crippen molar-refractivity contribution in [1.29, 1.82) is 0 Å². The van der Waals surface area contributed by atoms with Gasteiger partial charge < -0.3 is 14.2 Å². The van der Waals surface area contributed by atoms with Gasteiger partial charge in [0.05, 0.1) is 11.2 Å². The van der Waals surface area contributed by atoms with Crippen LogP contribution >= 0.6 is 0 Å².